The lowest BCUT2D eigenvalue weighted by Crippen LogP contribution is -2.47. The third-order valence-electron chi connectivity index (χ3n) is 3.20. The van der Waals surface area contributed by atoms with Gasteiger partial charge in [0.25, 0.3) is 0 Å². The molecule has 1 saturated heterocycles. The molecule has 1 aromatic heterocycles. The van der Waals surface area contributed by atoms with Crippen LogP contribution in [0.4, 0.5) is 23.8 Å². The number of alkyl halides is 3. The second-order valence-electron chi connectivity index (χ2n) is 4.60. The molecule has 0 atom stereocenters. The minimum absolute atomic E-state index is 0.00478. The van der Waals surface area contributed by atoms with E-state index < -0.39 is 17.8 Å². The number of amides is 1. The van der Waals surface area contributed by atoms with Gasteiger partial charge in [0.2, 0.25) is 0 Å². The number of hydrogen-bond acceptors (Lipinski definition) is 4. The fourth-order valence-corrected chi connectivity index (χ4v) is 2.06. The number of piperidine rings is 1. The zero-order chi connectivity index (χ0) is 14.8. The van der Waals surface area contributed by atoms with Crippen molar-refractivity contribution in [3.05, 3.63) is 23.9 Å². The molecule has 0 aromatic carbocycles. The molecule has 1 aromatic rings. The number of aromatic nitrogens is 1. The first-order valence-corrected chi connectivity index (χ1v) is 6.12. The maximum Gasteiger partial charge on any atom is 0.417 e. The van der Waals surface area contributed by atoms with Crippen LogP contribution in [0.5, 0.6) is 0 Å². The molecular weight excluding hydrogens is 275 g/mol. The van der Waals surface area contributed by atoms with Gasteiger partial charge in [0.05, 0.1) is 5.56 Å². The number of carboxylic acid groups (broad SMARTS) is 1. The normalized spacial score (nSPS) is 17.1. The highest BCUT2D eigenvalue weighted by Gasteiger charge is 2.30. The van der Waals surface area contributed by atoms with E-state index in [1.807, 2.05) is 0 Å². The monoisotopic (exact) mass is 288 g/mol. The van der Waals surface area contributed by atoms with Crippen molar-refractivity contribution < 1.29 is 23.1 Å². The van der Waals surface area contributed by atoms with E-state index in [-0.39, 0.29) is 6.04 Å². The van der Waals surface area contributed by atoms with Gasteiger partial charge in [-0.2, -0.15) is 13.2 Å². The fourth-order valence-electron chi connectivity index (χ4n) is 2.06. The van der Waals surface area contributed by atoms with Crippen molar-refractivity contribution in [3.63, 3.8) is 0 Å². The Labute approximate surface area is 113 Å². The van der Waals surface area contributed by atoms with Crippen LogP contribution in [0.15, 0.2) is 18.3 Å². The second-order valence-corrected chi connectivity index (χ2v) is 4.60. The summed E-state index contributed by atoms with van der Waals surface area (Å²) in [6, 6.07) is 2.23. The minimum atomic E-state index is -4.40. The van der Waals surface area contributed by atoms with E-state index in [4.69, 9.17) is 0 Å². The molecule has 0 aliphatic carbocycles. The summed E-state index contributed by atoms with van der Waals surface area (Å²) >= 11 is 0. The molecular formula is C12H13F3N3O2-. The number of carbonyl (C=O) groups excluding carboxylic acids is 1. The van der Waals surface area contributed by atoms with Gasteiger partial charge in [-0.15, -0.1) is 0 Å². The molecule has 1 amide bonds. The van der Waals surface area contributed by atoms with Crippen molar-refractivity contribution >= 4 is 11.9 Å². The Morgan fingerprint density at radius 1 is 1.35 bits per heavy atom. The number of halogens is 3. The van der Waals surface area contributed by atoms with Crippen molar-refractivity contribution in [2.24, 2.45) is 0 Å². The topological polar surface area (TPSA) is 68.3 Å². The summed E-state index contributed by atoms with van der Waals surface area (Å²) in [5, 5.41) is 13.6. The van der Waals surface area contributed by atoms with Gasteiger partial charge in [0, 0.05) is 25.3 Å². The zero-order valence-electron chi connectivity index (χ0n) is 10.5. The molecule has 1 aliphatic rings. The van der Waals surface area contributed by atoms with Crippen LogP contribution < -0.4 is 10.4 Å². The molecule has 0 unspecified atom stereocenters. The van der Waals surface area contributed by atoms with Gasteiger partial charge in [-0.25, -0.2) is 4.98 Å². The number of rotatable bonds is 2. The first kappa shape index (κ1) is 14.4. The molecule has 2 rings (SSSR count). The van der Waals surface area contributed by atoms with Crippen molar-refractivity contribution in [2.45, 2.75) is 25.1 Å². The Bertz CT molecular complexity index is 468. The first-order chi connectivity index (χ1) is 9.36. The number of hydrogen-bond donors (Lipinski definition) is 1. The van der Waals surface area contributed by atoms with E-state index in [0.717, 1.165) is 12.3 Å². The Kier molecular flexibility index (Phi) is 4.01. The van der Waals surface area contributed by atoms with E-state index in [1.54, 1.807) is 0 Å². The highest BCUT2D eigenvalue weighted by Crippen LogP contribution is 2.29. The lowest BCUT2D eigenvalue weighted by molar-refractivity contribution is -0.266. The lowest BCUT2D eigenvalue weighted by atomic mass is 10.1. The van der Waals surface area contributed by atoms with E-state index in [2.05, 4.69) is 10.3 Å². The second kappa shape index (κ2) is 5.56. The molecule has 1 fully saturated rings. The van der Waals surface area contributed by atoms with E-state index >= 15 is 0 Å². The molecule has 1 aliphatic heterocycles. The van der Waals surface area contributed by atoms with Crippen molar-refractivity contribution in [1.82, 2.24) is 9.88 Å². The van der Waals surface area contributed by atoms with Crippen LogP contribution in [-0.4, -0.2) is 35.1 Å². The highest BCUT2D eigenvalue weighted by atomic mass is 19.4. The van der Waals surface area contributed by atoms with Crippen LogP contribution >= 0.6 is 0 Å². The van der Waals surface area contributed by atoms with Gasteiger partial charge in [-0.05, 0) is 25.0 Å². The molecule has 0 saturated carbocycles. The summed E-state index contributed by atoms with van der Waals surface area (Å²) in [7, 11) is 0. The van der Waals surface area contributed by atoms with E-state index in [1.165, 1.54) is 11.0 Å². The standard InChI is InChI=1S/C12H14F3N3O2/c13-12(14,15)8-1-2-10(16-7-8)17-9-3-5-18(6-4-9)11(19)20/h1-2,7,9H,3-6H2,(H,16,17)(H,19,20)/p-1. The van der Waals surface area contributed by atoms with Gasteiger partial charge < -0.3 is 20.1 Å². The third kappa shape index (κ3) is 3.52. The molecule has 110 valence electrons. The van der Waals surface area contributed by atoms with Crippen LogP contribution in [0.3, 0.4) is 0 Å². The third-order valence-corrected chi connectivity index (χ3v) is 3.20. The number of nitrogens with zero attached hydrogens (tertiary/aromatic N) is 2. The Balaban J connectivity index is 1.90. The maximum absolute atomic E-state index is 12.4. The summed E-state index contributed by atoms with van der Waals surface area (Å²) in [6.07, 6.45) is -3.69. The molecule has 20 heavy (non-hydrogen) atoms. The van der Waals surface area contributed by atoms with Crippen molar-refractivity contribution in [1.29, 1.82) is 0 Å². The summed E-state index contributed by atoms with van der Waals surface area (Å²) in [4.78, 5) is 15.6. The zero-order valence-corrected chi connectivity index (χ0v) is 10.5. The van der Waals surface area contributed by atoms with Crippen molar-refractivity contribution in [3.8, 4) is 0 Å². The molecule has 0 bridgehead atoms. The Hall–Kier alpha value is -1.99. The molecule has 8 heteroatoms. The summed E-state index contributed by atoms with van der Waals surface area (Å²) in [5.74, 6) is 0.352. The van der Waals surface area contributed by atoms with Crippen LogP contribution in [0.2, 0.25) is 0 Å². The highest BCUT2D eigenvalue weighted by molar-refractivity contribution is 5.62. The molecule has 2 heterocycles. The molecule has 0 spiro atoms. The van der Waals surface area contributed by atoms with Gasteiger partial charge in [-0.1, -0.05) is 0 Å². The van der Waals surface area contributed by atoms with E-state index in [9.17, 15) is 23.1 Å². The van der Waals surface area contributed by atoms with Crippen LogP contribution in [0, 0.1) is 0 Å². The fraction of sp³-hybridized carbons (Fsp3) is 0.500. The largest absolute Gasteiger partial charge is 0.530 e. The minimum Gasteiger partial charge on any atom is -0.530 e. The SMILES string of the molecule is O=C([O-])N1CCC(Nc2ccc(C(F)(F)F)cn2)CC1. The predicted molar refractivity (Wildman–Crippen MR) is 62.9 cm³/mol. The van der Waals surface area contributed by atoms with Gasteiger partial charge in [0.1, 0.15) is 11.9 Å². The number of carbonyl (C=O) groups is 1. The number of nitrogens with one attached hydrogen (secondary N) is 1. The molecule has 0 radical (unpaired) electrons. The Morgan fingerprint density at radius 3 is 2.45 bits per heavy atom. The van der Waals surface area contributed by atoms with Gasteiger partial charge in [0.15, 0.2) is 0 Å². The van der Waals surface area contributed by atoms with Gasteiger partial charge >= 0.3 is 6.18 Å². The van der Waals surface area contributed by atoms with Gasteiger partial charge in [-0.3, -0.25) is 0 Å². The number of anilines is 1. The number of likely N-dealkylation sites (tertiary alicyclic amines) is 1. The predicted octanol–water partition coefficient (Wildman–Crippen LogP) is 1.32. The smallest absolute Gasteiger partial charge is 0.417 e. The quantitative estimate of drug-likeness (QED) is 0.891. The molecule has 5 nitrogen and oxygen atoms in total. The van der Waals surface area contributed by atoms with Crippen LogP contribution in [0.25, 0.3) is 0 Å². The Morgan fingerprint density at radius 2 is 2.00 bits per heavy atom. The number of pyridine rings is 1. The van der Waals surface area contributed by atoms with Crippen LogP contribution in [-0.2, 0) is 6.18 Å². The average Bonchev–Trinajstić information content (AvgIpc) is 2.39. The average molecular weight is 288 g/mol. The summed E-state index contributed by atoms with van der Waals surface area (Å²) in [6.45, 7) is 0.696. The first-order valence-electron chi connectivity index (χ1n) is 6.12. The maximum atomic E-state index is 12.4. The summed E-state index contributed by atoms with van der Waals surface area (Å²) < 4.78 is 37.1. The lowest BCUT2D eigenvalue weighted by Gasteiger charge is -2.34. The van der Waals surface area contributed by atoms with Crippen LogP contribution in [0.1, 0.15) is 18.4 Å². The van der Waals surface area contributed by atoms with Crippen molar-refractivity contribution in [2.75, 3.05) is 18.4 Å². The van der Waals surface area contributed by atoms with E-state index in [0.29, 0.717) is 31.7 Å². The molecule has 1 N–H and O–H groups in total. The summed E-state index contributed by atoms with van der Waals surface area (Å²) in [5.41, 5.74) is -0.796.